The van der Waals surface area contributed by atoms with Crippen molar-refractivity contribution >= 4 is 41.5 Å². The zero-order valence-electron chi connectivity index (χ0n) is 13.6. The maximum absolute atomic E-state index is 12.5. The molecule has 0 spiro atoms. The third-order valence-electron chi connectivity index (χ3n) is 5.49. The van der Waals surface area contributed by atoms with Gasteiger partial charge in [0.15, 0.2) is 0 Å². The number of nitrogens with two attached hydrogens (primary N) is 1. The summed E-state index contributed by atoms with van der Waals surface area (Å²) in [6.45, 7) is 0.609. The Morgan fingerprint density at radius 2 is 1.88 bits per heavy atom. The second-order valence-corrected chi connectivity index (χ2v) is 7.82. The Bertz CT molecular complexity index is 567. The molecule has 0 aromatic heterocycles. The molecular formula is C18H25Cl3N2O. The maximum Gasteiger partial charge on any atom is 0.223 e. The molecule has 0 radical (unpaired) electrons. The van der Waals surface area contributed by atoms with Crippen molar-refractivity contribution in [3.63, 3.8) is 0 Å². The molecule has 2 aliphatic carbocycles. The molecule has 6 heteroatoms. The number of rotatable bonds is 4. The van der Waals surface area contributed by atoms with Crippen molar-refractivity contribution in [2.75, 3.05) is 6.54 Å². The van der Waals surface area contributed by atoms with E-state index in [4.69, 9.17) is 28.9 Å². The highest BCUT2D eigenvalue weighted by atomic mass is 35.5. The predicted octanol–water partition coefficient (Wildman–Crippen LogP) is 4.23. The lowest BCUT2D eigenvalue weighted by Crippen LogP contribution is -2.49. The molecule has 2 atom stereocenters. The monoisotopic (exact) mass is 390 g/mol. The largest absolute Gasteiger partial charge is 0.356 e. The van der Waals surface area contributed by atoms with Crippen molar-refractivity contribution in [2.24, 2.45) is 23.5 Å². The predicted molar refractivity (Wildman–Crippen MR) is 102 cm³/mol. The van der Waals surface area contributed by atoms with Gasteiger partial charge in [0.2, 0.25) is 5.91 Å². The smallest absolute Gasteiger partial charge is 0.223 e. The standard InChI is InChI=1S/C18H24Cl2N2O.ClH/c19-15-5-4-11(16(20)10-15)6-7-22-18(23)14-8-12-2-1-3-13(9-14)17(12)21;/h4-5,10,12-14,17H,1-3,6-9,21H2,(H,22,23);1H. The van der Waals surface area contributed by atoms with E-state index < -0.39 is 0 Å². The number of hydrogen-bond acceptors (Lipinski definition) is 2. The van der Waals surface area contributed by atoms with Gasteiger partial charge in [0.1, 0.15) is 0 Å². The van der Waals surface area contributed by atoms with Crippen LogP contribution >= 0.6 is 35.6 Å². The molecule has 1 aromatic rings. The molecule has 3 N–H and O–H groups in total. The van der Waals surface area contributed by atoms with Crippen LogP contribution in [0.5, 0.6) is 0 Å². The van der Waals surface area contributed by atoms with Crippen molar-refractivity contribution < 1.29 is 4.79 Å². The SMILES string of the molecule is Cl.NC1C2CCCC1CC(C(=O)NCCc1ccc(Cl)cc1Cl)C2. The molecular weight excluding hydrogens is 367 g/mol. The number of carbonyl (C=O) groups excluding carboxylic acids is 1. The van der Waals surface area contributed by atoms with E-state index in [1.54, 1.807) is 6.07 Å². The fourth-order valence-corrected chi connectivity index (χ4v) is 4.70. The molecule has 2 unspecified atom stereocenters. The molecule has 0 aliphatic heterocycles. The summed E-state index contributed by atoms with van der Waals surface area (Å²) < 4.78 is 0. The van der Waals surface area contributed by atoms with Crippen LogP contribution in [0.2, 0.25) is 10.0 Å². The van der Waals surface area contributed by atoms with Crippen LogP contribution in [-0.2, 0) is 11.2 Å². The number of fused-ring (bicyclic) bond motifs is 2. The number of amides is 1. The van der Waals surface area contributed by atoms with E-state index in [9.17, 15) is 4.79 Å². The number of nitrogens with one attached hydrogen (secondary N) is 1. The summed E-state index contributed by atoms with van der Waals surface area (Å²) in [6.07, 6.45) is 6.26. The first-order chi connectivity index (χ1) is 11.0. The Morgan fingerprint density at radius 3 is 2.50 bits per heavy atom. The molecule has 134 valence electrons. The van der Waals surface area contributed by atoms with Gasteiger partial charge in [-0.1, -0.05) is 35.7 Å². The Labute approximate surface area is 160 Å². The number of halogens is 3. The van der Waals surface area contributed by atoms with E-state index in [0.29, 0.717) is 34.5 Å². The van der Waals surface area contributed by atoms with Crippen LogP contribution in [0.15, 0.2) is 18.2 Å². The van der Waals surface area contributed by atoms with E-state index in [0.717, 1.165) is 24.8 Å². The van der Waals surface area contributed by atoms with Crippen LogP contribution in [-0.4, -0.2) is 18.5 Å². The Kier molecular flexibility index (Phi) is 7.23. The lowest BCUT2D eigenvalue weighted by molar-refractivity contribution is -0.127. The third-order valence-corrected chi connectivity index (χ3v) is 6.08. The topological polar surface area (TPSA) is 55.1 Å². The van der Waals surface area contributed by atoms with Gasteiger partial charge in [-0.2, -0.15) is 0 Å². The van der Waals surface area contributed by atoms with E-state index in [2.05, 4.69) is 5.32 Å². The summed E-state index contributed by atoms with van der Waals surface area (Å²) in [5.74, 6) is 1.37. The summed E-state index contributed by atoms with van der Waals surface area (Å²) in [6, 6.07) is 5.79. The molecule has 0 saturated heterocycles. The molecule has 3 rings (SSSR count). The van der Waals surface area contributed by atoms with Crippen molar-refractivity contribution in [3.05, 3.63) is 33.8 Å². The molecule has 2 aliphatic rings. The van der Waals surface area contributed by atoms with Crippen LogP contribution in [0.4, 0.5) is 0 Å². The first-order valence-electron chi connectivity index (χ1n) is 8.52. The van der Waals surface area contributed by atoms with E-state index in [1.807, 2.05) is 12.1 Å². The number of hydrogen-bond donors (Lipinski definition) is 2. The van der Waals surface area contributed by atoms with E-state index in [1.165, 1.54) is 19.3 Å². The van der Waals surface area contributed by atoms with E-state index in [-0.39, 0.29) is 24.2 Å². The highest BCUT2D eigenvalue weighted by molar-refractivity contribution is 6.35. The Morgan fingerprint density at radius 1 is 1.21 bits per heavy atom. The lowest BCUT2D eigenvalue weighted by Gasteiger charge is -2.43. The zero-order valence-corrected chi connectivity index (χ0v) is 16.0. The first-order valence-corrected chi connectivity index (χ1v) is 9.27. The van der Waals surface area contributed by atoms with Gasteiger partial charge in [0.25, 0.3) is 0 Å². The quantitative estimate of drug-likeness (QED) is 0.807. The van der Waals surface area contributed by atoms with Crippen molar-refractivity contribution in [1.29, 1.82) is 0 Å². The fourth-order valence-electron chi connectivity index (χ4n) is 4.19. The lowest BCUT2D eigenvalue weighted by atomic mass is 9.65. The van der Waals surface area contributed by atoms with Crippen molar-refractivity contribution in [1.82, 2.24) is 5.32 Å². The van der Waals surface area contributed by atoms with Gasteiger partial charge in [0, 0.05) is 28.5 Å². The minimum absolute atomic E-state index is 0. The highest BCUT2D eigenvalue weighted by Crippen LogP contribution is 2.41. The van der Waals surface area contributed by atoms with Gasteiger partial charge >= 0.3 is 0 Å². The van der Waals surface area contributed by atoms with Crippen LogP contribution in [0.3, 0.4) is 0 Å². The molecule has 1 amide bonds. The number of benzene rings is 1. The molecule has 2 saturated carbocycles. The molecule has 24 heavy (non-hydrogen) atoms. The average Bonchev–Trinajstić information content (AvgIpc) is 2.49. The van der Waals surface area contributed by atoms with E-state index >= 15 is 0 Å². The third kappa shape index (κ3) is 4.57. The van der Waals surface area contributed by atoms with Crippen LogP contribution in [0.25, 0.3) is 0 Å². The molecule has 2 bridgehead atoms. The Balaban J connectivity index is 0.00000208. The van der Waals surface area contributed by atoms with Gasteiger partial charge in [-0.05, 0) is 61.6 Å². The van der Waals surface area contributed by atoms with Gasteiger partial charge in [-0.3, -0.25) is 4.79 Å². The fraction of sp³-hybridized carbons (Fsp3) is 0.611. The minimum atomic E-state index is 0. The number of carbonyl (C=O) groups is 1. The second kappa shape index (κ2) is 8.75. The summed E-state index contributed by atoms with van der Waals surface area (Å²) >= 11 is 12.1. The molecule has 2 fully saturated rings. The molecule has 0 heterocycles. The van der Waals surface area contributed by atoms with Gasteiger partial charge < -0.3 is 11.1 Å². The van der Waals surface area contributed by atoms with Gasteiger partial charge in [-0.25, -0.2) is 0 Å². The summed E-state index contributed by atoms with van der Waals surface area (Å²) in [7, 11) is 0. The molecule has 1 aromatic carbocycles. The minimum Gasteiger partial charge on any atom is -0.356 e. The Hall–Kier alpha value is -0.480. The summed E-state index contributed by atoms with van der Waals surface area (Å²) in [5.41, 5.74) is 7.31. The summed E-state index contributed by atoms with van der Waals surface area (Å²) in [4.78, 5) is 12.5. The summed E-state index contributed by atoms with van der Waals surface area (Å²) in [5, 5.41) is 4.37. The zero-order chi connectivity index (χ0) is 16.4. The van der Waals surface area contributed by atoms with Crippen LogP contribution < -0.4 is 11.1 Å². The van der Waals surface area contributed by atoms with Gasteiger partial charge in [-0.15, -0.1) is 12.4 Å². The van der Waals surface area contributed by atoms with Crippen molar-refractivity contribution in [3.8, 4) is 0 Å². The van der Waals surface area contributed by atoms with Crippen molar-refractivity contribution in [2.45, 2.75) is 44.6 Å². The maximum atomic E-state index is 12.5. The second-order valence-electron chi connectivity index (χ2n) is 6.97. The van der Waals surface area contributed by atoms with Gasteiger partial charge in [0.05, 0.1) is 0 Å². The average molecular weight is 392 g/mol. The highest BCUT2D eigenvalue weighted by Gasteiger charge is 2.40. The van der Waals surface area contributed by atoms with Crippen LogP contribution in [0.1, 0.15) is 37.7 Å². The first kappa shape index (κ1) is 19.8. The molecule has 3 nitrogen and oxygen atoms in total. The van der Waals surface area contributed by atoms with Crippen LogP contribution in [0, 0.1) is 17.8 Å². The normalized spacial score (nSPS) is 28.8.